The maximum atomic E-state index is 11.7. The highest BCUT2D eigenvalue weighted by molar-refractivity contribution is 7.89. The zero-order chi connectivity index (χ0) is 12.6. The Labute approximate surface area is 104 Å². The van der Waals surface area contributed by atoms with Gasteiger partial charge < -0.3 is 4.90 Å². The molecular weight excluding hydrogens is 262 g/mol. The molecule has 0 saturated carbocycles. The van der Waals surface area contributed by atoms with Gasteiger partial charge in [-0.15, -0.1) is 0 Å². The Bertz CT molecular complexity index is 537. The van der Waals surface area contributed by atoms with E-state index in [1.54, 1.807) is 4.90 Å². The average Bonchev–Trinajstić information content (AvgIpc) is 2.70. The van der Waals surface area contributed by atoms with Crippen LogP contribution in [0.15, 0.2) is 6.07 Å². The van der Waals surface area contributed by atoms with Gasteiger partial charge in [-0.2, -0.15) is 4.37 Å². The molecule has 1 aromatic rings. The molecule has 6 nitrogen and oxygen atoms in total. The van der Waals surface area contributed by atoms with Crippen molar-refractivity contribution in [1.29, 1.82) is 0 Å². The molecule has 17 heavy (non-hydrogen) atoms. The highest BCUT2D eigenvalue weighted by Crippen LogP contribution is 2.29. The molecule has 1 amide bonds. The summed E-state index contributed by atoms with van der Waals surface area (Å²) in [6, 6.07) is 1.82. The Morgan fingerprint density at radius 2 is 2.35 bits per heavy atom. The Kier molecular flexibility index (Phi) is 3.19. The minimum absolute atomic E-state index is 0.0673. The van der Waals surface area contributed by atoms with E-state index in [-0.39, 0.29) is 24.0 Å². The third-order valence-corrected chi connectivity index (χ3v) is 4.40. The lowest BCUT2D eigenvalue weighted by Crippen LogP contribution is -2.26. The number of aromatic nitrogens is 1. The second kappa shape index (κ2) is 4.35. The summed E-state index contributed by atoms with van der Waals surface area (Å²) in [7, 11) is -3.52. The lowest BCUT2D eigenvalue weighted by atomic mass is 10.1. The molecule has 0 aliphatic carbocycles. The normalized spacial score (nSPS) is 21.2. The van der Waals surface area contributed by atoms with Crippen LogP contribution >= 0.6 is 11.5 Å². The molecule has 1 fully saturated rings. The smallest absolute Gasteiger partial charge is 0.228 e. The molecule has 0 bridgehead atoms. The molecule has 0 spiro atoms. The van der Waals surface area contributed by atoms with Crippen LogP contribution in [-0.4, -0.2) is 31.0 Å². The zero-order valence-electron chi connectivity index (χ0n) is 9.29. The second-order valence-electron chi connectivity index (χ2n) is 4.21. The third-order valence-electron chi connectivity index (χ3n) is 2.55. The van der Waals surface area contributed by atoms with E-state index in [4.69, 9.17) is 5.14 Å². The molecule has 2 N–H and O–H groups in total. The van der Waals surface area contributed by atoms with Crippen molar-refractivity contribution < 1.29 is 13.2 Å². The molecule has 0 radical (unpaired) electrons. The Hall–Kier alpha value is -0.990. The fourth-order valence-electron chi connectivity index (χ4n) is 1.91. The van der Waals surface area contributed by atoms with Crippen molar-refractivity contribution in [2.24, 2.45) is 11.1 Å². The van der Waals surface area contributed by atoms with Crippen molar-refractivity contribution in [3.63, 3.8) is 0 Å². The molecule has 2 rings (SSSR count). The van der Waals surface area contributed by atoms with Crippen LogP contribution in [0.3, 0.4) is 0 Å². The van der Waals surface area contributed by atoms with E-state index in [0.29, 0.717) is 6.54 Å². The SMILES string of the molecule is Cc1cc(N2CC(CS(N)(=O)=O)CC2=O)sn1. The zero-order valence-corrected chi connectivity index (χ0v) is 10.9. The number of rotatable bonds is 3. The highest BCUT2D eigenvalue weighted by atomic mass is 32.2. The predicted molar refractivity (Wildman–Crippen MR) is 65.3 cm³/mol. The molecule has 94 valence electrons. The first kappa shape index (κ1) is 12.5. The van der Waals surface area contributed by atoms with Gasteiger partial charge >= 0.3 is 0 Å². The largest absolute Gasteiger partial charge is 0.302 e. The van der Waals surface area contributed by atoms with Crippen LogP contribution in [0.4, 0.5) is 5.00 Å². The van der Waals surface area contributed by atoms with Gasteiger partial charge in [-0.05, 0) is 24.5 Å². The van der Waals surface area contributed by atoms with Crippen LogP contribution in [0.25, 0.3) is 0 Å². The molecule has 8 heteroatoms. The Morgan fingerprint density at radius 1 is 1.65 bits per heavy atom. The summed E-state index contributed by atoms with van der Waals surface area (Å²) >= 11 is 1.24. The molecule has 1 unspecified atom stereocenters. The lowest BCUT2D eigenvalue weighted by Gasteiger charge is -2.12. The van der Waals surface area contributed by atoms with Gasteiger partial charge in [0.15, 0.2) is 0 Å². The van der Waals surface area contributed by atoms with Gasteiger partial charge in [-0.1, -0.05) is 0 Å². The molecule has 0 aromatic carbocycles. The number of anilines is 1. The summed E-state index contributed by atoms with van der Waals surface area (Å²) in [5, 5.41) is 5.75. The van der Waals surface area contributed by atoms with E-state index in [1.165, 1.54) is 11.5 Å². The van der Waals surface area contributed by atoms with E-state index in [1.807, 2.05) is 13.0 Å². The van der Waals surface area contributed by atoms with E-state index < -0.39 is 10.0 Å². The predicted octanol–water partition coefficient (Wildman–Crippen LogP) is 0.0929. The van der Waals surface area contributed by atoms with Crippen LogP contribution in [0.1, 0.15) is 12.1 Å². The number of carbonyl (C=O) groups is 1. The molecule has 1 atom stereocenters. The fraction of sp³-hybridized carbons (Fsp3) is 0.556. The Balaban J connectivity index is 2.10. The number of hydrogen-bond donors (Lipinski definition) is 1. The van der Waals surface area contributed by atoms with Gasteiger partial charge in [0, 0.05) is 18.9 Å². The quantitative estimate of drug-likeness (QED) is 0.846. The molecule has 1 aliphatic heterocycles. The summed E-state index contributed by atoms with van der Waals surface area (Å²) in [6.45, 7) is 2.25. The lowest BCUT2D eigenvalue weighted by molar-refractivity contribution is -0.117. The number of nitrogens with zero attached hydrogens (tertiary/aromatic N) is 2. The van der Waals surface area contributed by atoms with Crippen LogP contribution in [0, 0.1) is 12.8 Å². The van der Waals surface area contributed by atoms with E-state index >= 15 is 0 Å². The summed E-state index contributed by atoms with van der Waals surface area (Å²) < 4.78 is 26.1. The molecular formula is C9H13N3O3S2. The molecule has 1 aliphatic rings. The first-order valence-electron chi connectivity index (χ1n) is 5.09. The summed E-state index contributed by atoms with van der Waals surface area (Å²) in [4.78, 5) is 13.3. The monoisotopic (exact) mass is 275 g/mol. The minimum atomic E-state index is -3.52. The van der Waals surface area contributed by atoms with E-state index in [0.717, 1.165) is 10.7 Å². The minimum Gasteiger partial charge on any atom is -0.302 e. The van der Waals surface area contributed by atoms with Crippen LogP contribution in [0.5, 0.6) is 0 Å². The van der Waals surface area contributed by atoms with E-state index in [9.17, 15) is 13.2 Å². The summed E-state index contributed by atoms with van der Waals surface area (Å²) in [5.74, 6) is -0.435. The standard InChI is InChI=1S/C9H13N3O3S2/c1-6-2-9(16-11-6)12-4-7(3-8(12)13)5-17(10,14)15/h2,7H,3-5H2,1H3,(H2,10,14,15). The first-order chi connectivity index (χ1) is 7.85. The van der Waals surface area contributed by atoms with Gasteiger partial charge in [0.05, 0.1) is 11.4 Å². The number of nitrogens with two attached hydrogens (primary N) is 1. The van der Waals surface area contributed by atoms with Crippen molar-refractivity contribution in [3.05, 3.63) is 11.8 Å². The first-order valence-corrected chi connectivity index (χ1v) is 7.58. The van der Waals surface area contributed by atoms with Crippen molar-refractivity contribution >= 4 is 32.5 Å². The number of primary sulfonamides is 1. The van der Waals surface area contributed by atoms with Gasteiger partial charge in [-0.3, -0.25) is 4.79 Å². The Morgan fingerprint density at radius 3 is 2.88 bits per heavy atom. The van der Waals surface area contributed by atoms with Crippen LogP contribution in [0.2, 0.25) is 0 Å². The second-order valence-corrected chi connectivity index (χ2v) is 6.65. The van der Waals surface area contributed by atoms with Crippen molar-refractivity contribution in [1.82, 2.24) is 4.37 Å². The third kappa shape index (κ3) is 3.02. The van der Waals surface area contributed by atoms with Crippen LogP contribution in [-0.2, 0) is 14.8 Å². The average molecular weight is 275 g/mol. The van der Waals surface area contributed by atoms with Crippen LogP contribution < -0.4 is 10.0 Å². The van der Waals surface area contributed by atoms with Gasteiger partial charge in [0.25, 0.3) is 0 Å². The van der Waals surface area contributed by atoms with Crippen molar-refractivity contribution in [2.75, 3.05) is 17.2 Å². The van der Waals surface area contributed by atoms with Crippen molar-refractivity contribution in [2.45, 2.75) is 13.3 Å². The topological polar surface area (TPSA) is 93.4 Å². The molecule has 1 saturated heterocycles. The highest BCUT2D eigenvalue weighted by Gasteiger charge is 2.33. The summed E-state index contributed by atoms with van der Waals surface area (Å²) in [5.41, 5.74) is 0.854. The number of aryl methyl sites for hydroxylation is 1. The number of amides is 1. The molecule has 2 heterocycles. The van der Waals surface area contributed by atoms with Gasteiger partial charge in [0.2, 0.25) is 15.9 Å². The number of hydrogen-bond acceptors (Lipinski definition) is 5. The maximum absolute atomic E-state index is 11.7. The number of sulfonamides is 1. The van der Waals surface area contributed by atoms with Gasteiger partial charge in [0.1, 0.15) is 5.00 Å². The van der Waals surface area contributed by atoms with E-state index in [2.05, 4.69) is 4.37 Å². The number of carbonyl (C=O) groups excluding carboxylic acids is 1. The maximum Gasteiger partial charge on any atom is 0.228 e. The fourth-order valence-corrected chi connectivity index (χ4v) is 3.58. The van der Waals surface area contributed by atoms with Crippen molar-refractivity contribution in [3.8, 4) is 0 Å². The molecule has 1 aromatic heterocycles. The summed E-state index contributed by atoms with van der Waals surface area (Å²) in [6.07, 6.45) is 0.230. The van der Waals surface area contributed by atoms with Gasteiger partial charge in [-0.25, -0.2) is 13.6 Å².